The summed E-state index contributed by atoms with van der Waals surface area (Å²) in [5, 5.41) is 5.47. The second-order valence-corrected chi connectivity index (χ2v) is 3.85. The minimum absolute atomic E-state index is 0.428. The SMILES string of the molecule is COC[C@H](C)NCc1cccs1. The summed E-state index contributed by atoms with van der Waals surface area (Å²) in [7, 11) is 1.73. The summed E-state index contributed by atoms with van der Waals surface area (Å²) in [6.07, 6.45) is 0. The maximum Gasteiger partial charge on any atom is 0.0613 e. The average molecular weight is 185 g/mol. The quantitative estimate of drug-likeness (QED) is 0.756. The van der Waals surface area contributed by atoms with Gasteiger partial charge in [0.1, 0.15) is 0 Å². The summed E-state index contributed by atoms with van der Waals surface area (Å²) >= 11 is 1.78. The molecule has 1 atom stereocenters. The Morgan fingerprint density at radius 3 is 3.08 bits per heavy atom. The third-order valence-electron chi connectivity index (χ3n) is 1.62. The van der Waals surface area contributed by atoms with Crippen LogP contribution in [-0.4, -0.2) is 19.8 Å². The summed E-state index contributed by atoms with van der Waals surface area (Å²) < 4.78 is 5.01. The van der Waals surface area contributed by atoms with E-state index in [4.69, 9.17) is 4.74 Å². The van der Waals surface area contributed by atoms with Crippen molar-refractivity contribution >= 4 is 11.3 Å². The summed E-state index contributed by atoms with van der Waals surface area (Å²) in [6, 6.07) is 4.64. The fraction of sp³-hybridized carbons (Fsp3) is 0.556. The number of nitrogens with one attached hydrogen (secondary N) is 1. The highest BCUT2D eigenvalue weighted by Crippen LogP contribution is 2.07. The van der Waals surface area contributed by atoms with Gasteiger partial charge in [-0.2, -0.15) is 0 Å². The maximum absolute atomic E-state index is 5.01. The van der Waals surface area contributed by atoms with Crippen LogP contribution in [0.5, 0.6) is 0 Å². The van der Waals surface area contributed by atoms with Crippen LogP contribution in [0.2, 0.25) is 0 Å². The third kappa shape index (κ3) is 3.34. The first-order valence-corrected chi connectivity index (χ1v) is 4.95. The van der Waals surface area contributed by atoms with Crippen molar-refractivity contribution in [1.29, 1.82) is 0 Å². The van der Waals surface area contributed by atoms with Gasteiger partial charge in [0.2, 0.25) is 0 Å². The molecule has 0 unspecified atom stereocenters. The molecule has 2 nitrogen and oxygen atoms in total. The Hall–Kier alpha value is -0.380. The summed E-state index contributed by atoms with van der Waals surface area (Å²) in [6.45, 7) is 3.84. The van der Waals surface area contributed by atoms with Gasteiger partial charge in [0, 0.05) is 24.6 Å². The van der Waals surface area contributed by atoms with Gasteiger partial charge in [-0.1, -0.05) is 6.07 Å². The first-order valence-electron chi connectivity index (χ1n) is 4.07. The predicted octanol–water partition coefficient (Wildman–Crippen LogP) is 1.87. The van der Waals surface area contributed by atoms with Crippen molar-refractivity contribution in [3.63, 3.8) is 0 Å². The van der Waals surface area contributed by atoms with E-state index in [-0.39, 0.29) is 0 Å². The zero-order valence-electron chi connectivity index (χ0n) is 7.54. The highest BCUT2D eigenvalue weighted by molar-refractivity contribution is 7.09. The van der Waals surface area contributed by atoms with Crippen molar-refractivity contribution in [2.24, 2.45) is 0 Å². The van der Waals surface area contributed by atoms with Crippen LogP contribution in [0.25, 0.3) is 0 Å². The van der Waals surface area contributed by atoms with Gasteiger partial charge in [-0.05, 0) is 18.4 Å². The minimum Gasteiger partial charge on any atom is -0.383 e. The van der Waals surface area contributed by atoms with Gasteiger partial charge in [-0.3, -0.25) is 0 Å². The van der Waals surface area contributed by atoms with E-state index in [1.165, 1.54) is 4.88 Å². The largest absolute Gasteiger partial charge is 0.383 e. The summed E-state index contributed by atoms with van der Waals surface area (Å²) in [5.74, 6) is 0. The van der Waals surface area contributed by atoms with Crippen LogP contribution >= 0.6 is 11.3 Å². The standard InChI is InChI=1S/C9H15NOS/c1-8(7-11-2)10-6-9-4-3-5-12-9/h3-5,8,10H,6-7H2,1-2H3/t8-/m0/s1. The van der Waals surface area contributed by atoms with Gasteiger partial charge in [0.05, 0.1) is 6.61 Å². The second-order valence-electron chi connectivity index (χ2n) is 2.82. The molecule has 12 heavy (non-hydrogen) atoms. The number of hydrogen-bond acceptors (Lipinski definition) is 3. The molecule has 1 aromatic heterocycles. The molecule has 1 rings (SSSR count). The van der Waals surface area contributed by atoms with E-state index >= 15 is 0 Å². The minimum atomic E-state index is 0.428. The van der Waals surface area contributed by atoms with E-state index < -0.39 is 0 Å². The molecule has 1 aromatic rings. The zero-order valence-corrected chi connectivity index (χ0v) is 8.36. The van der Waals surface area contributed by atoms with E-state index in [1.54, 1.807) is 18.4 Å². The van der Waals surface area contributed by atoms with Crippen molar-refractivity contribution in [2.75, 3.05) is 13.7 Å². The molecule has 0 fully saturated rings. The summed E-state index contributed by atoms with van der Waals surface area (Å²) in [5.41, 5.74) is 0. The molecular formula is C9H15NOS. The molecular weight excluding hydrogens is 170 g/mol. The van der Waals surface area contributed by atoms with Gasteiger partial charge in [0.25, 0.3) is 0 Å². The molecule has 0 saturated heterocycles. The molecule has 0 saturated carbocycles. The molecule has 0 aromatic carbocycles. The van der Waals surface area contributed by atoms with E-state index in [0.717, 1.165) is 13.2 Å². The number of rotatable bonds is 5. The van der Waals surface area contributed by atoms with Crippen LogP contribution in [0, 0.1) is 0 Å². The molecule has 0 aliphatic heterocycles. The van der Waals surface area contributed by atoms with E-state index in [9.17, 15) is 0 Å². The molecule has 1 heterocycles. The van der Waals surface area contributed by atoms with Gasteiger partial charge >= 0.3 is 0 Å². The Morgan fingerprint density at radius 2 is 2.50 bits per heavy atom. The van der Waals surface area contributed by atoms with Crippen molar-refractivity contribution in [2.45, 2.75) is 19.5 Å². The molecule has 0 amide bonds. The highest BCUT2D eigenvalue weighted by Gasteiger charge is 1.99. The molecule has 0 bridgehead atoms. The molecule has 0 aliphatic carbocycles. The monoisotopic (exact) mass is 185 g/mol. The molecule has 68 valence electrons. The fourth-order valence-corrected chi connectivity index (χ4v) is 1.65. The lowest BCUT2D eigenvalue weighted by atomic mass is 10.3. The first kappa shape index (κ1) is 9.71. The number of ether oxygens (including phenoxy) is 1. The van der Waals surface area contributed by atoms with Gasteiger partial charge in [-0.15, -0.1) is 11.3 Å². The van der Waals surface area contributed by atoms with E-state index in [2.05, 4.69) is 29.8 Å². The van der Waals surface area contributed by atoms with Gasteiger partial charge < -0.3 is 10.1 Å². The Bertz CT molecular complexity index is 198. The maximum atomic E-state index is 5.01. The molecule has 3 heteroatoms. The normalized spacial score (nSPS) is 13.2. The smallest absolute Gasteiger partial charge is 0.0613 e. The van der Waals surface area contributed by atoms with Crippen molar-refractivity contribution in [1.82, 2.24) is 5.32 Å². The number of hydrogen-bond donors (Lipinski definition) is 1. The van der Waals surface area contributed by atoms with Crippen molar-refractivity contribution in [3.05, 3.63) is 22.4 Å². The van der Waals surface area contributed by atoms with Crippen LogP contribution < -0.4 is 5.32 Å². The Morgan fingerprint density at radius 1 is 1.67 bits per heavy atom. The van der Waals surface area contributed by atoms with Crippen LogP contribution in [0.3, 0.4) is 0 Å². The van der Waals surface area contributed by atoms with Crippen LogP contribution in [-0.2, 0) is 11.3 Å². The van der Waals surface area contributed by atoms with Gasteiger partial charge in [0.15, 0.2) is 0 Å². The van der Waals surface area contributed by atoms with Crippen LogP contribution in [0.1, 0.15) is 11.8 Å². The van der Waals surface area contributed by atoms with Gasteiger partial charge in [-0.25, -0.2) is 0 Å². The number of thiophene rings is 1. The highest BCUT2D eigenvalue weighted by atomic mass is 32.1. The Kier molecular flexibility index (Phi) is 4.29. The lowest BCUT2D eigenvalue weighted by molar-refractivity contribution is 0.172. The summed E-state index contributed by atoms with van der Waals surface area (Å²) in [4.78, 5) is 1.37. The second kappa shape index (κ2) is 5.30. The lowest BCUT2D eigenvalue weighted by Crippen LogP contribution is -2.29. The van der Waals surface area contributed by atoms with E-state index in [0.29, 0.717) is 6.04 Å². The first-order chi connectivity index (χ1) is 5.83. The molecule has 0 radical (unpaired) electrons. The number of methoxy groups -OCH3 is 1. The fourth-order valence-electron chi connectivity index (χ4n) is 0.997. The molecule has 1 N–H and O–H groups in total. The predicted molar refractivity (Wildman–Crippen MR) is 52.5 cm³/mol. The van der Waals surface area contributed by atoms with Crippen LogP contribution in [0.4, 0.5) is 0 Å². The van der Waals surface area contributed by atoms with Crippen molar-refractivity contribution < 1.29 is 4.74 Å². The average Bonchev–Trinajstić information content (AvgIpc) is 2.53. The topological polar surface area (TPSA) is 21.3 Å². The molecule has 0 spiro atoms. The zero-order chi connectivity index (χ0) is 8.81. The Balaban J connectivity index is 2.17. The Labute approximate surface area is 77.6 Å². The third-order valence-corrected chi connectivity index (χ3v) is 2.50. The van der Waals surface area contributed by atoms with Crippen LogP contribution in [0.15, 0.2) is 17.5 Å². The van der Waals surface area contributed by atoms with E-state index in [1.807, 2.05) is 0 Å². The van der Waals surface area contributed by atoms with Crippen molar-refractivity contribution in [3.8, 4) is 0 Å². The lowest BCUT2D eigenvalue weighted by Gasteiger charge is -2.10. The molecule has 0 aliphatic rings.